The number of primary amides is 1. The second-order valence-corrected chi connectivity index (χ2v) is 5.41. The van der Waals surface area contributed by atoms with Crippen LogP contribution in [-0.2, 0) is 4.79 Å². The van der Waals surface area contributed by atoms with Crippen LogP contribution < -0.4 is 10.5 Å². The number of carbonyl (C=O) groups excluding carboxylic acids is 2. The number of hydrogen-bond acceptors (Lipinski definition) is 4. The molecule has 0 bridgehead atoms. The summed E-state index contributed by atoms with van der Waals surface area (Å²) < 4.78 is 5.51. The third-order valence-electron chi connectivity index (χ3n) is 3.95. The van der Waals surface area contributed by atoms with Gasteiger partial charge >= 0.3 is 0 Å². The van der Waals surface area contributed by atoms with E-state index in [4.69, 9.17) is 10.5 Å². The molecule has 1 fully saturated rings. The number of likely N-dealkylation sites (tertiary alicyclic amines) is 1. The molecule has 7 nitrogen and oxygen atoms in total. The molecule has 1 aromatic heterocycles. The number of benzene rings is 1. The molecule has 2 aromatic rings. The number of H-pyrrole nitrogens is 1. The van der Waals surface area contributed by atoms with Gasteiger partial charge in [-0.3, -0.25) is 14.7 Å². The van der Waals surface area contributed by atoms with Gasteiger partial charge in [-0.15, -0.1) is 0 Å². The van der Waals surface area contributed by atoms with E-state index in [1.54, 1.807) is 17.0 Å². The topological polar surface area (TPSA) is 101 Å². The van der Waals surface area contributed by atoms with Crippen LogP contribution in [0.15, 0.2) is 36.5 Å². The highest BCUT2D eigenvalue weighted by Crippen LogP contribution is 2.32. The summed E-state index contributed by atoms with van der Waals surface area (Å²) in [4.78, 5) is 25.6. The second kappa shape index (κ2) is 6.51. The maximum atomic E-state index is 12.5. The number of nitrogens with zero attached hydrogens (tertiary/aromatic N) is 2. The van der Waals surface area contributed by atoms with E-state index >= 15 is 0 Å². The molecule has 0 spiro atoms. The van der Waals surface area contributed by atoms with Gasteiger partial charge in [-0.1, -0.05) is 18.2 Å². The molecule has 0 radical (unpaired) electrons. The van der Waals surface area contributed by atoms with Crippen molar-refractivity contribution in [2.75, 3.05) is 13.2 Å². The Labute approximate surface area is 133 Å². The number of carbonyl (C=O) groups is 2. The molecule has 1 saturated heterocycles. The fraction of sp³-hybridized carbons (Fsp3) is 0.312. The van der Waals surface area contributed by atoms with Crippen molar-refractivity contribution < 1.29 is 14.3 Å². The third kappa shape index (κ3) is 3.18. The lowest BCUT2D eigenvalue weighted by Crippen LogP contribution is -2.35. The quantitative estimate of drug-likeness (QED) is 0.867. The number of ether oxygens (including phenoxy) is 1. The minimum atomic E-state index is -0.548. The molecule has 1 aromatic carbocycles. The minimum Gasteiger partial charge on any atom is -0.484 e. The molecular weight excluding hydrogens is 296 g/mol. The number of amides is 2. The Kier molecular flexibility index (Phi) is 4.27. The van der Waals surface area contributed by atoms with Crippen molar-refractivity contribution in [1.82, 2.24) is 15.1 Å². The van der Waals surface area contributed by atoms with Crippen LogP contribution in [0, 0.1) is 0 Å². The molecule has 2 heterocycles. The average molecular weight is 314 g/mol. The summed E-state index contributed by atoms with van der Waals surface area (Å²) in [6.45, 7) is 0.583. The van der Waals surface area contributed by atoms with Crippen LogP contribution in [0.3, 0.4) is 0 Å². The number of aromatic nitrogens is 2. The molecule has 7 heteroatoms. The summed E-state index contributed by atoms with van der Waals surface area (Å²) in [6, 6.07) is 8.97. The van der Waals surface area contributed by atoms with Crippen LogP contribution in [0.2, 0.25) is 0 Å². The smallest absolute Gasteiger partial charge is 0.261 e. The molecule has 0 saturated carbocycles. The van der Waals surface area contributed by atoms with Crippen molar-refractivity contribution in [2.45, 2.75) is 18.9 Å². The van der Waals surface area contributed by atoms with Crippen LogP contribution in [0.4, 0.5) is 0 Å². The first-order valence-corrected chi connectivity index (χ1v) is 7.47. The number of para-hydroxylation sites is 1. The second-order valence-electron chi connectivity index (χ2n) is 5.41. The highest BCUT2D eigenvalue weighted by atomic mass is 16.5. The normalized spacial score (nSPS) is 17.2. The zero-order valence-corrected chi connectivity index (χ0v) is 12.6. The van der Waals surface area contributed by atoms with Crippen molar-refractivity contribution >= 4 is 11.8 Å². The van der Waals surface area contributed by atoms with E-state index < -0.39 is 5.91 Å². The van der Waals surface area contributed by atoms with Crippen LogP contribution in [0.25, 0.3) is 0 Å². The van der Waals surface area contributed by atoms with Gasteiger partial charge in [-0.05, 0) is 25.0 Å². The minimum absolute atomic E-state index is 0.0411. The molecule has 1 unspecified atom stereocenters. The van der Waals surface area contributed by atoms with Crippen molar-refractivity contribution in [3.63, 3.8) is 0 Å². The molecule has 1 atom stereocenters. The van der Waals surface area contributed by atoms with E-state index in [9.17, 15) is 9.59 Å². The summed E-state index contributed by atoms with van der Waals surface area (Å²) in [5, 5.41) is 6.68. The molecule has 1 aliphatic heterocycles. The van der Waals surface area contributed by atoms with Crippen LogP contribution >= 0.6 is 0 Å². The lowest BCUT2D eigenvalue weighted by molar-refractivity contribution is -0.134. The Morgan fingerprint density at radius 1 is 1.35 bits per heavy atom. The van der Waals surface area contributed by atoms with Crippen LogP contribution in [-0.4, -0.2) is 40.1 Å². The highest BCUT2D eigenvalue weighted by Gasteiger charge is 2.33. The van der Waals surface area contributed by atoms with Gasteiger partial charge in [-0.2, -0.15) is 5.10 Å². The monoisotopic (exact) mass is 314 g/mol. The van der Waals surface area contributed by atoms with Crippen LogP contribution in [0.1, 0.15) is 34.9 Å². The zero-order valence-electron chi connectivity index (χ0n) is 12.6. The summed E-state index contributed by atoms with van der Waals surface area (Å²) >= 11 is 0. The summed E-state index contributed by atoms with van der Waals surface area (Å²) in [5.41, 5.74) is 6.29. The predicted octanol–water partition coefficient (Wildman–Crippen LogP) is 1.25. The van der Waals surface area contributed by atoms with E-state index in [-0.39, 0.29) is 18.6 Å². The standard InChI is InChI=1S/C16H18N4O3/c17-16(22)12-9-18-19-15(12)13-7-4-8-20(13)14(21)10-23-11-5-2-1-3-6-11/h1-3,5-6,9,13H,4,7-8,10H2,(H2,17,22)(H,18,19). The molecule has 3 N–H and O–H groups in total. The predicted molar refractivity (Wildman–Crippen MR) is 82.7 cm³/mol. The summed E-state index contributed by atoms with van der Waals surface area (Å²) in [7, 11) is 0. The van der Waals surface area contributed by atoms with Gasteiger partial charge in [0.1, 0.15) is 5.75 Å². The van der Waals surface area contributed by atoms with Crippen molar-refractivity contribution in [3.8, 4) is 5.75 Å². The van der Waals surface area contributed by atoms with E-state index in [0.717, 1.165) is 12.8 Å². The van der Waals surface area contributed by atoms with Gasteiger partial charge in [-0.25, -0.2) is 0 Å². The number of hydrogen-bond donors (Lipinski definition) is 2. The van der Waals surface area contributed by atoms with Crippen LogP contribution in [0.5, 0.6) is 5.75 Å². The maximum absolute atomic E-state index is 12.5. The Hall–Kier alpha value is -2.83. The first kappa shape index (κ1) is 15.1. The van der Waals surface area contributed by atoms with Gasteiger partial charge in [0, 0.05) is 6.54 Å². The zero-order chi connectivity index (χ0) is 16.2. The van der Waals surface area contributed by atoms with Gasteiger partial charge in [0.15, 0.2) is 6.61 Å². The fourth-order valence-electron chi connectivity index (χ4n) is 2.86. The molecule has 2 amide bonds. The molecule has 120 valence electrons. The Bertz CT molecular complexity index is 698. The summed E-state index contributed by atoms with van der Waals surface area (Å²) in [6.07, 6.45) is 3.03. The van der Waals surface area contributed by atoms with Crippen molar-refractivity contribution in [2.24, 2.45) is 5.73 Å². The highest BCUT2D eigenvalue weighted by molar-refractivity contribution is 5.94. The third-order valence-corrected chi connectivity index (χ3v) is 3.95. The largest absolute Gasteiger partial charge is 0.484 e. The van der Waals surface area contributed by atoms with E-state index in [1.807, 2.05) is 18.2 Å². The number of rotatable bonds is 5. The Morgan fingerprint density at radius 3 is 2.87 bits per heavy atom. The molecular formula is C16H18N4O3. The van der Waals surface area contributed by atoms with Gasteiger partial charge in [0.25, 0.3) is 11.8 Å². The lowest BCUT2D eigenvalue weighted by atomic mass is 10.1. The average Bonchev–Trinajstić information content (AvgIpc) is 3.21. The van der Waals surface area contributed by atoms with Crippen molar-refractivity contribution in [3.05, 3.63) is 47.8 Å². The maximum Gasteiger partial charge on any atom is 0.261 e. The molecule has 3 rings (SSSR count). The Morgan fingerprint density at radius 2 is 2.13 bits per heavy atom. The van der Waals surface area contributed by atoms with E-state index in [1.165, 1.54) is 6.20 Å². The SMILES string of the molecule is NC(=O)c1cn[nH]c1C1CCCN1C(=O)COc1ccccc1. The summed E-state index contributed by atoms with van der Waals surface area (Å²) in [5.74, 6) is -0.0223. The number of nitrogens with two attached hydrogens (primary N) is 1. The number of nitrogens with one attached hydrogen (secondary N) is 1. The van der Waals surface area contributed by atoms with Gasteiger partial charge in [0.05, 0.1) is 23.5 Å². The van der Waals surface area contributed by atoms with E-state index in [2.05, 4.69) is 10.2 Å². The molecule has 0 aliphatic carbocycles. The fourth-order valence-corrected chi connectivity index (χ4v) is 2.86. The first-order chi connectivity index (χ1) is 11.2. The van der Waals surface area contributed by atoms with E-state index in [0.29, 0.717) is 23.6 Å². The first-order valence-electron chi connectivity index (χ1n) is 7.47. The van der Waals surface area contributed by atoms with Gasteiger partial charge in [0.2, 0.25) is 0 Å². The molecule has 23 heavy (non-hydrogen) atoms. The number of aromatic amines is 1. The molecule has 1 aliphatic rings. The van der Waals surface area contributed by atoms with Crippen molar-refractivity contribution in [1.29, 1.82) is 0 Å². The van der Waals surface area contributed by atoms with Gasteiger partial charge < -0.3 is 15.4 Å². The Balaban J connectivity index is 1.70. The lowest BCUT2D eigenvalue weighted by Gasteiger charge is -2.24.